The Morgan fingerprint density at radius 3 is 2.40 bits per heavy atom. The molecule has 0 amide bonds. The first-order valence-corrected chi connectivity index (χ1v) is 6.94. The number of hydrogen-bond donors (Lipinski definition) is 3. The molecule has 0 radical (unpaired) electrons. The highest BCUT2D eigenvalue weighted by atomic mass is 32.2. The van der Waals surface area contributed by atoms with Crippen molar-refractivity contribution in [3.63, 3.8) is 0 Å². The summed E-state index contributed by atoms with van der Waals surface area (Å²) in [6.07, 6.45) is 0. The monoisotopic (exact) mass is 292 g/mol. The summed E-state index contributed by atoms with van der Waals surface area (Å²) in [5.41, 5.74) is 12.8. The molecule has 20 heavy (non-hydrogen) atoms. The summed E-state index contributed by atoms with van der Waals surface area (Å²) < 4.78 is 30.9. The number of azo groups is 1. The summed E-state index contributed by atoms with van der Waals surface area (Å²) in [5, 5.41) is 7.78. The van der Waals surface area contributed by atoms with Crippen LogP contribution in [0.5, 0.6) is 0 Å². The average molecular weight is 292 g/mol. The lowest BCUT2D eigenvalue weighted by Gasteiger charge is -2.00. The molecule has 7 nitrogen and oxygen atoms in total. The Morgan fingerprint density at radius 2 is 1.75 bits per heavy atom. The van der Waals surface area contributed by atoms with E-state index in [0.717, 1.165) is 0 Å². The SMILES string of the molecule is Nc1ccc(N=Nc2cccc(S(=O)(=O)O)c2)c(N)c1. The molecule has 0 aromatic heterocycles. The zero-order valence-electron chi connectivity index (χ0n) is 10.3. The highest BCUT2D eigenvalue weighted by molar-refractivity contribution is 7.85. The van der Waals surface area contributed by atoms with Gasteiger partial charge < -0.3 is 11.5 Å². The maximum Gasteiger partial charge on any atom is 0.294 e. The zero-order chi connectivity index (χ0) is 14.8. The molecule has 0 spiro atoms. The van der Waals surface area contributed by atoms with Crippen molar-refractivity contribution in [1.29, 1.82) is 0 Å². The van der Waals surface area contributed by atoms with Gasteiger partial charge in [0.1, 0.15) is 5.69 Å². The third-order valence-corrected chi connectivity index (χ3v) is 3.29. The van der Waals surface area contributed by atoms with Crippen molar-refractivity contribution in [3.8, 4) is 0 Å². The fraction of sp³-hybridized carbons (Fsp3) is 0. The number of nitrogen functional groups attached to an aromatic ring is 2. The van der Waals surface area contributed by atoms with Crippen molar-refractivity contribution in [2.24, 2.45) is 10.2 Å². The Bertz CT molecular complexity index is 772. The lowest BCUT2D eigenvalue weighted by Crippen LogP contribution is -1.96. The van der Waals surface area contributed by atoms with Gasteiger partial charge in [0, 0.05) is 5.69 Å². The van der Waals surface area contributed by atoms with Gasteiger partial charge in [0.25, 0.3) is 10.1 Å². The summed E-state index contributed by atoms with van der Waals surface area (Å²) in [4.78, 5) is -0.251. The minimum absolute atomic E-state index is 0.251. The molecule has 0 heterocycles. The molecule has 5 N–H and O–H groups in total. The van der Waals surface area contributed by atoms with Crippen LogP contribution in [0.25, 0.3) is 0 Å². The van der Waals surface area contributed by atoms with Gasteiger partial charge in [0.15, 0.2) is 0 Å². The van der Waals surface area contributed by atoms with Crippen molar-refractivity contribution in [1.82, 2.24) is 0 Å². The van der Waals surface area contributed by atoms with E-state index in [1.807, 2.05) is 0 Å². The molecule has 2 aromatic rings. The quantitative estimate of drug-likeness (QED) is 0.454. The summed E-state index contributed by atoms with van der Waals surface area (Å²) in [6.45, 7) is 0. The zero-order valence-corrected chi connectivity index (χ0v) is 11.1. The number of anilines is 2. The second kappa shape index (κ2) is 5.27. The molecule has 104 valence electrons. The third-order valence-electron chi connectivity index (χ3n) is 2.44. The Morgan fingerprint density at radius 1 is 1.00 bits per heavy atom. The van der Waals surface area contributed by atoms with E-state index in [1.165, 1.54) is 18.2 Å². The molecule has 0 unspecified atom stereocenters. The van der Waals surface area contributed by atoms with Crippen molar-refractivity contribution in [2.75, 3.05) is 11.5 Å². The largest absolute Gasteiger partial charge is 0.399 e. The van der Waals surface area contributed by atoms with Gasteiger partial charge in [-0.2, -0.15) is 13.5 Å². The van der Waals surface area contributed by atoms with Gasteiger partial charge in [-0.25, -0.2) is 0 Å². The van der Waals surface area contributed by atoms with Crippen molar-refractivity contribution in [2.45, 2.75) is 4.90 Å². The van der Waals surface area contributed by atoms with Crippen molar-refractivity contribution < 1.29 is 13.0 Å². The van der Waals surface area contributed by atoms with Crippen LogP contribution < -0.4 is 11.5 Å². The first-order valence-electron chi connectivity index (χ1n) is 5.50. The van der Waals surface area contributed by atoms with Gasteiger partial charge in [-0.05, 0) is 36.4 Å². The van der Waals surface area contributed by atoms with Crippen molar-refractivity contribution >= 4 is 32.9 Å². The lowest BCUT2D eigenvalue weighted by molar-refractivity contribution is 0.483. The maximum absolute atomic E-state index is 11.0. The fourth-order valence-electron chi connectivity index (χ4n) is 1.48. The van der Waals surface area contributed by atoms with E-state index >= 15 is 0 Å². The van der Waals surface area contributed by atoms with Gasteiger partial charge in [0.2, 0.25) is 0 Å². The van der Waals surface area contributed by atoms with Crippen LogP contribution in [0.15, 0.2) is 57.6 Å². The Hall–Kier alpha value is -2.45. The molecule has 0 bridgehead atoms. The number of rotatable bonds is 3. The topological polar surface area (TPSA) is 131 Å². The normalized spacial score (nSPS) is 11.8. The Balaban J connectivity index is 2.32. The van der Waals surface area contributed by atoms with Crippen LogP contribution in [0.2, 0.25) is 0 Å². The molecule has 0 aliphatic carbocycles. The molecule has 0 saturated heterocycles. The highest BCUT2D eigenvalue weighted by Gasteiger charge is 2.09. The molecule has 8 heteroatoms. The Kier molecular flexibility index (Phi) is 3.68. The number of benzene rings is 2. The van der Waals surface area contributed by atoms with Gasteiger partial charge in [-0.3, -0.25) is 4.55 Å². The summed E-state index contributed by atoms with van der Waals surface area (Å²) in [5.74, 6) is 0. The first-order chi connectivity index (χ1) is 9.36. The Labute approximate surface area is 115 Å². The van der Waals surface area contributed by atoms with Crippen LogP contribution in [0.3, 0.4) is 0 Å². The van der Waals surface area contributed by atoms with E-state index in [2.05, 4.69) is 10.2 Å². The third kappa shape index (κ3) is 3.31. The number of nitrogens with zero attached hydrogens (tertiary/aromatic N) is 2. The van der Waals surface area contributed by atoms with Gasteiger partial charge >= 0.3 is 0 Å². The van der Waals surface area contributed by atoms with Gasteiger partial charge in [-0.1, -0.05) is 6.07 Å². The standard InChI is InChI=1S/C12H12N4O3S/c13-8-4-5-12(11(14)6-8)16-15-9-2-1-3-10(7-9)20(17,18)19/h1-7H,13-14H2,(H,17,18,19). The van der Waals surface area contributed by atoms with Gasteiger partial charge in [0.05, 0.1) is 16.3 Å². The van der Waals surface area contributed by atoms with Crippen LogP contribution in [0.1, 0.15) is 0 Å². The van der Waals surface area contributed by atoms with Crippen LogP contribution >= 0.6 is 0 Å². The average Bonchev–Trinajstić information content (AvgIpc) is 2.37. The second-order valence-electron chi connectivity index (χ2n) is 3.99. The van der Waals surface area contributed by atoms with Crippen LogP contribution in [-0.2, 0) is 10.1 Å². The van der Waals surface area contributed by atoms with E-state index in [4.69, 9.17) is 16.0 Å². The minimum atomic E-state index is -4.26. The fourth-order valence-corrected chi connectivity index (χ4v) is 2.00. The molecule has 2 rings (SSSR count). The van der Waals surface area contributed by atoms with E-state index in [9.17, 15) is 8.42 Å². The summed E-state index contributed by atoms with van der Waals surface area (Å²) in [6, 6.07) is 10.2. The van der Waals surface area contributed by atoms with E-state index in [0.29, 0.717) is 17.1 Å². The predicted octanol–water partition coefficient (Wildman–Crippen LogP) is 2.51. The molecule has 0 aliphatic heterocycles. The predicted molar refractivity (Wildman–Crippen MR) is 75.7 cm³/mol. The van der Waals surface area contributed by atoms with Crippen molar-refractivity contribution in [3.05, 3.63) is 42.5 Å². The van der Waals surface area contributed by atoms with E-state index in [1.54, 1.807) is 24.3 Å². The van der Waals surface area contributed by atoms with Crippen LogP contribution in [0, 0.1) is 0 Å². The molecule has 0 atom stereocenters. The number of nitrogens with two attached hydrogens (primary N) is 2. The number of hydrogen-bond acceptors (Lipinski definition) is 6. The molecule has 0 aliphatic rings. The molecular formula is C12H12N4O3S. The minimum Gasteiger partial charge on any atom is -0.399 e. The van der Waals surface area contributed by atoms with Gasteiger partial charge in [-0.15, -0.1) is 5.11 Å². The van der Waals surface area contributed by atoms with Crippen LogP contribution in [0.4, 0.5) is 22.7 Å². The first kappa shape index (κ1) is 14.0. The summed E-state index contributed by atoms with van der Waals surface area (Å²) >= 11 is 0. The second-order valence-corrected chi connectivity index (χ2v) is 5.41. The summed E-state index contributed by atoms with van der Waals surface area (Å²) in [7, 11) is -4.26. The maximum atomic E-state index is 11.0. The lowest BCUT2D eigenvalue weighted by atomic mass is 10.2. The van der Waals surface area contributed by atoms with Crippen LogP contribution in [-0.4, -0.2) is 13.0 Å². The molecule has 0 saturated carbocycles. The smallest absolute Gasteiger partial charge is 0.294 e. The molecule has 2 aromatic carbocycles. The van der Waals surface area contributed by atoms with E-state index < -0.39 is 10.1 Å². The van der Waals surface area contributed by atoms with E-state index in [-0.39, 0.29) is 10.6 Å². The highest BCUT2D eigenvalue weighted by Crippen LogP contribution is 2.27. The molecular weight excluding hydrogens is 280 g/mol. The molecule has 0 fully saturated rings.